The van der Waals surface area contributed by atoms with Crippen molar-refractivity contribution in [3.63, 3.8) is 0 Å². The summed E-state index contributed by atoms with van der Waals surface area (Å²) >= 11 is 0. The molecule has 0 fully saturated rings. The Morgan fingerprint density at radius 3 is 2.46 bits per heavy atom. The molecule has 2 heterocycles. The summed E-state index contributed by atoms with van der Waals surface area (Å²) in [6.45, 7) is 3.53. The number of nitrogens with one attached hydrogen (secondary N) is 1. The molecular formula is C21H22N4O3. The monoisotopic (exact) mass is 378 g/mol. The molecule has 4 rings (SSSR count). The highest BCUT2D eigenvalue weighted by Gasteiger charge is 2.51. The lowest BCUT2D eigenvalue weighted by atomic mass is 9.83. The van der Waals surface area contributed by atoms with Crippen LogP contribution in [0.4, 0.5) is 5.95 Å². The van der Waals surface area contributed by atoms with E-state index in [9.17, 15) is 9.90 Å². The maximum absolute atomic E-state index is 12.8. The third kappa shape index (κ3) is 3.14. The predicted octanol–water partition coefficient (Wildman–Crippen LogP) is 2.85. The van der Waals surface area contributed by atoms with Crippen LogP contribution < -0.4 is 5.32 Å². The molecule has 0 saturated carbocycles. The molecule has 0 spiro atoms. The molecule has 7 nitrogen and oxygen atoms in total. The molecule has 144 valence electrons. The zero-order valence-corrected chi connectivity index (χ0v) is 15.7. The van der Waals surface area contributed by atoms with Crippen LogP contribution in [0.25, 0.3) is 11.4 Å². The second-order valence-electron chi connectivity index (χ2n) is 6.93. The number of carbonyl (C=O) groups is 1. The molecule has 1 aliphatic heterocycles. The second-order valence-corrected chi connectivity index (χ2v) is 6.93. The molecule has 2 N–H and O–H groups in total. The number of anilines is 1. The van der Waals surface area contributed by atoms with Crippen LogP contribution in [-0.4, -0.2) is 38.2 Å². The number of hydrogen-bond donors (Lipinski definition) is 2. The number of hydrogen-bond acceptors (Lipinski definition) is 6. The van der Waals surface area contributed by atoms with E-state index in [1.807, 2.05) is 60.7 Å². The van der Waals surface area contributed by atoms with Crippen LogP contribution in [0.3, 0.4) is 0 Å². The molecular weight excluding hydrogens is 356 g/mol. The summed E-state index contributed by atoms with van der Waals surface area (Å²) in [5.74, 6) is -0.466. The van der Waals surface area contributed by atoms with E-state index in [0.717, 1.165) is 11.1 Å². The van der Waals surface area contributed by atoms with E-state index in [-0.39, 0.29) is 6.61 Å². The highest BCUT2D eigenvalue weighted by molar-refractivity contribution is 5.76. The number of rotatable bonds is 4. The Bertz CT molecular complexity index is 970. The fraction of sp³-hybridized carbons (Fsp3) is 0.286. The van der Waals surface area contributed by atoms with Gasteiger partial charge in [0, 0.05) is 5.56 Å². The molecule has 7 heteroatoms. The fourth-order valence-corrected chi connectivity index (χ4v) is 3.64. The van der Waals surface area contributed by atoms with Crippen molar-refractivity contribution in [2.24, 2.45) is 5.92 Å². The minimum atomic E-state index is -1.55. The van der Waals surface area contributed by atoms with Crippen LogP contribution in [0.2, 0.25) is 0 Å². The van der Waals surface area contributed by atoms with E-state index in [0.29, 0.717) is 11.8 Å². The topological polar surface area (TPSA) is 89.3 Å². The van der Waals surface area contributed by atoms with Crippen molar-refractivity contribution < 1.29 is 14.6 Å². The highest BCUT2D eigenvalue weighted by atomic mass is 16.5. The Morgan fingerprint density at radius 1 is 1.18 bits per heavy atom. The number of benzene rings is 2. The Balaban J connectivity index is 1.88. The predicted molar refractivity (Wildman–Crippen MR) is 104 cm³/mol. The molecule has 0 unspecified atom stereocenters. The Kier molecular flexibility index (Phi) is 4.60. The van der Waals surface area contributed by atoms with E-state index in [2.05, 4.69) is 15.4 Å². The summed E-state index contributed by atoms with van der Waals surface area (Å²) in [6.07, 6.45) is 0. The minimum Gasteiger partial charge on any atom is -0.466 e. The summed E-state index contributed by atoms with van der Waals surface area (Å²) < 4.78 is 6.94. The van der Waals surface area contributed by atoms with E-state index >= 15 is 0 Å². The van der Waals surface area contributed by atoms with Crippen LogP contribution >= 0.6 is 0 Å². The average Bonchev–Trinajstić information content (AvgIpc) is 3.10. The van der Waals surface area contributed by atoms with Crippen molar-refractivity contribution in [2.75, 3.05) is 11.9 Å². The van der Waals surface area contributed by atoms with Gasteiger partial charge in [-0.1, -0.05) is 60.7 Å². The van der Waals surface area contributed by atoms with Gasteiger partial charge < -0.3 is 15.2 Å². The van der Waals surface area contributed by atoms with Gasteiger partial charge in [-0.2, -0.15) is 4.98 Å². The van der Waals surface area contributed by atoms with Crippen molar-refractivity contribution in [3.8, 4) is 11.4 Å². The van der Waals surface area contributed by atoms with Crippen LogP contribution in [0.15, 0.2) is 60.7 Å². The Morgan fingerprint density at radius 2 is 1.82 bits per heavy atom. The normalized spacial score (nSPS) is 23.5. The maximum Gasteiger partial charge on any atom is 0.316 e. The lowest BCUT2D eigenvalue weighted by Gasteiger charge is -2.41. The molecule has 28 heavy (non-hydrogen) atoms. The number of esters is 1. The van der Waals surface area contributed by atoms with Gasteiger partial charge in [0.15, 0.2) is 11.5 Å². The van der Waals surface area contributed by atoms with E-state index in [1.54, 1.807) is 18.5 Å². The molecule has 3 aromatic rings. The fourth-order valence-electron chi connectivity index (χ4n) is 3.64. The van der Waals surface area contributed by atoms with Gasteiger partial charge >= 0.3 is 5.97 Å². The first-order valence-electron chi connectivity index (χ1n) is 9.25. The number of fused-ring (bicyclic) bond motifs is 1. The number of aromatic nitrogens is 3. The largest absolute Gasteiger partial charge is 0.466 e. The van der Waals surface area contributed by atoms with Crippen molar-refractivity contribution in [1.29, 1.82) is 0 Å². The summed E-state index contributed by atoms with van der Waals surface area (Å²) in [5, 5.41) is 18.7. The van der Waals surface area contributed by atoms with Gasteiger partial charge in [0.1, 0.15) is 5.92 Å². The molecule has 1 aliphatic rings. The maximum atomic E-state index is 12.8. The molecule has 1 aromatic heterocycles. The van der Waals surface area contributed by atoms with Crippen molar-refractivity contribution in [3.05, 3.63) is 66.2 Å². The van der Waals surface area contributed by atoms with Crippen LogP contribution in [0.1, 0.15) is 25.5 Å². The van der Waals surface area contributed by atoms with Gasteiger partial charge in [0.05, 0.1) is 12.6 Å². The summed E-state index contributed by atoms with van der Waals surface area (Å²) in [6, 6.07) is 18.5. The van der Waals surface area contributed by atoms with E-state index in [1.165, 1.54) is 0 Å². The average molecular weight is 378 g/mol. The first-order valence-corrected chi connectivity index (χ1v) is 9.25. The summed E-state index contributed by atoms with van der Waals surface area (Å²) in [4.78, 5) is 17.4. The van der Waals surface area contributed by atoms with Gasteiger partial charge in [-0.05, 0) is 19.4 Å². The van der Waals surface area contributed by atoms with Crippen LogP contribution in [0, 0.1) is 5.92 Å². The minimum absolute atomic E-state index is 0.229. The third-order valence-corrected chi connectivity index (χ3v) is 4.89. The van der Waals surface area contributed by atoms with Gasteiger partial charge in [-0.25, -0.2) is 4.68 Å². The van der Waals surface area contributed by atoms with Crippen molar-refractivity contribution >= 4 is 11.9 Å². The number of aliphatic hydroxyl groups is 1. The SMILES string of the molecule is CCOC(=O)[C@H]1[C@@H](c2ccccc2)n2nc(-c3ccccc3)nc2N[C@@]1(C)O. The Labute approximate surface area is 163 Å². The van der Waals surface area contributed by atoms with Crippen molar-refractivity contribution in [2.45, 2.75) is 25.6 Å². The lowest BCUT2D eigenvalue weighted by Crippen LogP contribution is -2.55. The van der Waals surface area contributed by atoms with Crippen molar-refractivity contribution in [1.82, 2.24) is 14.8 Å². The first kappa shape index (κ1) is 18.2. The first-order chi connectivity index (χ1) is 13.5. The van der Waals surface area contributed by atoms with E-state index < -0.39 is 23.7 Å². The molecule has 3 atom stereocenters. The lowest BCUT2D eigenvalue weighted by molar-refractivity contribution is -0.159. The number of carbonyl (C=O) groups excluding carboxylic acids is 1. The highest BCUT2D eigenvalue weighted by Crippen LogP contribution is 2.41. The molecule has 0 amide bonds. The molecule has 0 bridgehead atoms. The van der Waals surface area contributed by atoms with Crippen LogP contribution in [0.5, 0.6) is 0 Å². The van der Waals surface area contributed by atoms with E-state index in [4.69, 9.17) is 4.74 Å². The third-order valence-electron chi connectivity index (χ3n) is 4.89. The zero-order chi connectivity index (χ0) is 19.7. The summed E-state index contributed by atoms with van der Waals surface area (Å²) in [7, 11) is 0. The number of ether oxygens (including phenoxy) is 1. The molecule has 0 radical (unpaired) electrons. The van der Waals surface area contributed by atoms with Crippen LogP contribution in [-0.2, 0) is 9.53 Å². The smallest absolute Gasteiger partial charge is 0.316 e. The molecule has 2 aromatic carbocycles. The zero-order valence-electron chi connectivity index (χ0n) is 15.7. The summed E-state index contributed by atoms with van der Waals surface area (Å²) in [5.41, 5.74) is 0.141. The standard InChI is InChI=1S/C21H22N4O3/c1-3-28-19(26)16-17(14-10-6-4-7-11-14)25-20(23-21(16,2)27)22-18(24-25)15-12-8-5-9-13-15/h4-13,16-17,27H,3H2,1-2H3,(H,22,23,24)/t16-,17-,21+/m1/s1. The number of nitrogens with zero attached hydrogens (tertiary/aromatic N) is 3. The van der Waals surface area contributed by atoms with Gasteiger partial charge in [-0.3, -0.25) is 4.79 Å². The van der Waals surface area contributed by atoms with Gasteiger partial charge in [0.2, 0.25) is 5.95 Å². The molecule has 0 saturated heterocycles. The quantitative estimate of drug-likeness (QED) is 0.679. The Hall–Kier alpha value is -3.19. The molecule has 0 aliphatic carbocycles. The van der Waals surface area contributed by atoms with Gasteiger partial charge in [0.25, 0.3) is 0 Å². The second kappa shape index (κ2) is 7.09. The van der Waals surface area contributed by atoms with Gasteiger partial charge in [-0.15, -0.1) is 5.10 Å².